The van der Waals surface area contributed by atoms with E-state index in [2.05, 4.69) is 13.5 Å². The summed E-state index contributed by atoms with van der Waals surface area (Å²) < 4.78 is 0. The van der Waals surface area contributed by atoms with Crippen LogP contribution >= 0.6 is 0 Å². The molecule has 94 valence electrons. The van der Waals surface area contributed by atoms with Crippen molar-refractivity contribution in [3.05, 3.63) is 23.8 Å². The SMILES string of the molecule is C=C(C)[C@@H]1CC[C@@]2(C)CC(=O)C=C(C)C2(O)C1. The van der Waals surface area contributed by atoms with Gasteiger partial charge in [-0.15, -0.1) is 0 Å². The Hall–Kier alpha value is -0.890. The molecule has 0 bridgehead atoms. The van der Waals surface area contributed by atoms with Crippen LogP contribution in [0.2, 0.25) is 0 Å². The van der Waals surface area contributed by atoms with Crippen LogP contribution in [0, 0.1) is 11.3 Å². The summed E-state index contributed by atoms with van der Waals surface area (Å²) >= 11 is 0. The van der Waals surface area contributed by atoms with Gasteiger partial charge in [0, 0.05) is 11.8 Å². The molecule has 17 heavy (non-hydrogen) atoms. The maximum atomic E-state index is 11.7. The van der Waals surface area contributed by atoms with Crippen LogP contribution in [0.25, 0.3) is 0 Å². The van der Waals surface area contributed by atoms with Crippen molar-refractivity contribution in [2.45, 2.75) is 52.1 Å². The van der Waals surface area contributed by atoms with Crippen LogP contribution in [0.3, 0.4) is 0 Å². The average Bonchev–Trinajstić information content (AvgIpc) is 2.20. The second-order valence-electron chi connectivity index (χ2n) is 6.18. The molecular formula is C15H22O2. The summed E-state index contributed by atoms with van der Waals surface area (Å²) in [6, 6.07) is 0. The van der Waals surface area contributed by atoms with Crippen molar-refractivity contribution >= 4 is 5.78 Å². The first kappa shape index (κ1) is 12.6. The minimum absolute atomic E-state index is 0.156. The van der Waals surface area contributed by atoms with E-state index >= 15 is 0 Å². The molecule has 3 atom stereocenters. The Kier molecular flexibility index (Phi) is 2.81. The minimum Gasteiger partial charge on any atom is -0.385 e. The van der Waals surface area contributed by atoms with Crippen molar-refractivity contribution in [3.63, 3.8) is 0 Å². The maximum Gasteiger partial charge on any atom is 0.156 e. The smallest absolute Gasteiger partial charge is 0.156 e. The van der Waals surface area contributed by atoms with Crippen LogP contribution in [-0.4, -0.2) is 16.5 Å². The van der Waals surface area contributed by atoms with Crippen molar-refractivity contribution in [1.82, 2.24) is 0 Å². The number of aliphatic hydroxyl groups is 1. The lowest BCUT2D eigenvalue weighted by Gasteiger charge is -2.53. The molecule has 1 N–H and O–H groups in total. The number of fused-ring (bicyclic) bond motifs is 1. The Balaban J connectivity index is 2.40. The second kappa shape index (κ2) is 3.81. The molecule has 2 heteroatoms. The molecule has 1 fully saturated rings. The number of carbonyl (C=O) groups excluding carboxylic acids is 1. The lowest BCUT2D eigenvalue weighted by Crippen LogP contribution is -2.54. The van der Waals surface area contributed by atoms with Gasteiger partial charge in [0.1, 0.15) is 0 Å². The van der Waals surface area contributed by atoms with Gasteiger partial charge in [-0.25, -0.2) is 0 Å². The molecule has 2 aliphatic carbocycles. The summed E-state index contributed by atoms with van der Waals surface area (Å²) in [5.41, 5.74) is 0.879. The minimum atomic E-state index is -0.817. The number of rotatable bonds is 1. The van der Waals surface area contributed by atoms with E-state index in [-0.39, 0.29) is 11.2 Å². The molecule has 0 aromatic rings. The molecule has 0 heterocycles. The van der Waals surface area contributed by atoms with Crippen molar-refractivity contribution in [2.75, 3.05) is 0 Å². The molecule has 0 aromatic carbocycles. The van der Waals surface area contributed by atoms with Gasteiger partial charge in [-0.05, 0) is 50.7 Å². The Bertz CT molecular complexity index is 407. The number of hydrogen-bond acceptors (Lipinski definition) is 2. The van der Waals surface area contributed by atoms with E-state index in [4.69, 9.17) is 0 Å². The molecule has 0 aliphatic heterocycles. The summed E-state index contributed by atoms with van der Waals surface area (Å²) in [5, 5.41) is 11.0. The summed E-state index contributed by atoms with van der Waals surface area (Å²) in [4.78, 5) is 11.7. The molecule has 0 saturated heterocycles. The first-order chi connectivity index (χ1) is 7.78. The van der Waals surface area contributed by atoms with Gasteiger partial charge >= 0.3 is 0 Å². The molecular weight excluding hydrogens is 212 g/mol. The van der Waals surface area contributed by atoms with E-state index < -0.39 is 5.60 Å². The third kappa shape index (κ3) is 1.79. The molecule has 0 amide bonds. The highest BCUT2D eigenvalue weighted by molar-refractivity contribution is 5.92. The second-order valence-corrected chi connectivity index (χ2v) is 6.18. The fourth-order valence-corrected chi connectivity index (χ4v) is 3.49. The highest BCUT2D eigenvalue weighted by atomic mass is 16.3. The van der Waals surface area contributed by atoms with Crippen LogP contribution in [0.1, 0.15) is 46.5 Å². The maximum absolute atomic E-state index is 11.7. The normalized spacial score (nSPS) is 41.8. The van der Waals surface area contributed by atoms with Gasteiger partial charge in [0.25, 0.3) is 0 Å². The van der Waals surface area contributed by atoms with Gasteiger partial charge in [0.05, 0.1) is 5.60 Å². The standard InChI is InChI=1S/C15H22O2/c1-10(2)12-5-6-14(4)9-13(16)7-11(3)15(14,17)8-12/h7,12,17H,1,5-6,8-9H2,2-4H3/t12-,14+,15?/m1/s1. The zero-order valence-corrected chi connectivity index (χ0v) is 11.0. The number of hydrogen-bond donors (Lipinski definition) is 1. The molecule has 1 unspecified atom stereocenters. The predicted octanol–water partition coefficient (Wildman–Crippen LogP) is 3.02. The average molecular weight is 234 g/mol. The highest BCUT2D eigenvalue weighted by Crippen LogP contribution is 2.54. The van der Waals surface area contributed by atoms with Crippen LogP contribution < -0.4 is 0 Å². The van der Waals surface area contributed by atoms with Crippen LogP contribution in [0.5, 0.6) is 0 Å². The Morgan fingerprint density at radius 1 is 1.59 bits per heavy atom. The Labute approximate surface area is 103 Å². The number of ketones is 1. The van der Waals surface area contributed by atoms with Gasteiger partial charge in [-0.1, -0.05) is 19.1 Å². The fourth-order valence-electron chi connectivity index (χ4n) is 3.49. The van der Waals surface area contributed by atoms with E-state index in [1.165, 1.54) is 0 Å². The van der Waals surface area contributed by atoms with Crippen molar-refractivity contribution in [2.24, 2.45) is 11.3 Å². The molecule has 2 nitrogen and oxygen atoms in total. The van der Waals surface area contributed by atoms with Gasteiger partial charge in [0.15, 0.2) is 5.78 Å². The van der Waals surface area contributed by atoms with Crippen LogP contribution in [0.4, 0.5) is 0 Å². The fraction of sp³-hybridized carbons (Fsp3) is 0.667. The summed E-state index contributed by atoms with van der Waals surface area (Å²) in [6.07, 6.45) is 4.76. The van der Waals surface area contributed by atoms with E-state index in [1.807, 2.05) is 13.8 Å². The van der Waals surface area contributed by atoms with Crippen molar-refractivity contribution in [1.29, 1.82) is 0 Å². The number of allylic oxidation sites excluding steroid dienone is 2. The van der Waals surface area contributed by atoms with Crippen LogP contribution in [-0.2, 0) is 4.79 Å². The summed E-state index contributed by atoms with van der Waals surface area (Å²) in [5.74, 6) is 0.535. The Morgan fingerprint density at radius 3 is 2.82 bits per heavy atom. The van der Waals surface area contributed by atoms with Crippen molar-refractivity contribution in [3.8, 4) is 0 Å². The Morgan fingerprint density at radius 2 is 2.24 bits per heavy atom. The third-order valence-corrected chi connectivity index (χ3v) is 4.88. The van der Waals surface area contributed by atoms with Gasteiger partial charge < -0.3 is 5.11 Å². The van der Waals surface area contributed by atoms with Gasteiger partial charge in [0.2, 0.25) is 0 Å². The molecule has 0 aromatic heterocycles. The first-order valence-corrected chi connectivity index (χ1v) is 6.38. The quantitative estimate of drug-likeness (QED) is 0.708. The lowest BCUT2D eigenvalue weighted by molar-refractivity contribution is -0.133. The summed E-state index contributed by atoms with van der Waals surface area (Å²) in [6.45, 7) is 9.98. The molecule has 2 rings (SSSR count). The lowest BCUT2D eigenvalue weighted by atomic mass is 9.54. The van der Waals surface area contributed by atoms with E-state index in [9.17, 15) is 9.90 Å². The van der Waals surface area contributed by atoms with E-state index in [0.29, 0.717) is 18.8 Å². The van der Waals surface area contributed by atoms with E-state index in [1.54, 1.807) is 6.08 Å². The molecule has 1 saturated carbocycles. The zero-order chi connectivity index (χ0) is 12.8. The molecule has 2 aliphatic rings. The summed E-state index contributed by atoms with van der Waals surface area (Å²) in [7, 11) is 0. The molecule has 0 spiro atoms. The predicted molar refractivity (Wildman–Crippen MR) is 68.6 cm³/mol. The topological polar surface area (TPSA) is 37.3 Å². The zero-order valence-electron chi connectivity index (χ0n) is 11.0. The van der Waals surface area contributed by atoms with E-state index in [0.717, 1.165) is 24.0 Å². The molecule has 0 radical (unpaired) electrons. The highest BCUT2D eigenvalue weighted by Gasteiger charge is 2.54. The van der Waals surface area contributed by atoms with Crippen LogP contribution in [0.15, 0.2) is 23.8 Å². The third-order valence-electron chi connectivity index (χ3n) is 4.88. The first-order valence-electron chi connectivity index (χ1n) is 6.38. The monoisotopic (exact) mass is 234 g/mol. The van der Waals surface area contributed by atoms with Crippen molar-refractivity contribution < 1.29 is 9.90 Å². The van der Waals surface area contributed by atoms with Gasteiger partial charge in [-0.2, -0.15) is 0 Å². The van der Waals surface area contributed by atoms with Gasteiger partial charge in [-0.3, -0.25) is 4.79 Å². The largest absolute Gasteiger partial charge is 0.385 e. The number of carbonyl (C=O) groups is 1.